The number of nitrogen functional groups attached to an aromatic ring is 1. The van der Waals surface area contributed by atoms with Crippen LogP contribution < -0.4 is 16.4 Å². The smallest absolute Gasteiger partial charge is 0.222 e. The molecule has 0 saturated carbocycles. The molecule has 1 fully saturated rings. The van der Waals surface area contributed by atoms with Gasteiger partial charge in [0.2, 0.25) is 5.95 Å². The molecule has 1 aliphatic heterocycles. The number of aromatic nitrogens is 2. The maximum atomic E-state index is 6.09. The van der Waals surface area contributed by atoms with E-state index >= 15 is 0 Å². The molecular weight excluding hydrogens is 286 g/mol. The van der Waals surface area contributed by atoms with Crippen LogP contribution in [0.15, 0.2) is 24.3 Å². The number of rotatable bonds is 1. The number of hydrogen-bond donors (Lipinski definition) is 2. The third-order valence-electron chi connectivity index (χ3n) is 4.92. The molecule has 0 amide bonds. The molecule has 2 heterocycles. The van der Waals surface area contributed by atoms with Crippen molar-refractivity contribution < 1.29 is 0 Å². The van der Waals surface area contributed by atoms with Gasteiger partial charge in [-0.25, -0.2) is 4.98 Å². The molecule has 2 aliphatic rings. The maximum absolute atomic E-state index is 6.09. The Morgan fingerprint density at radius 1 is 1.09 bits per heavy atom. The van der Waals surface area contributed by atoms with Crippen molar-refractivity contribution in [1.82, 2.24) is 9.97 Å². The van der Waals surface area contributed by atoms with Gasteiger partial charge in [-0.1, -0.05) is 24.3 Å². The van der Waals surface area contributed by atoms with Crippen molar-refractivity contribution in [3.63, 3.8) is 0 Å². The van der Waals surface area contributed by atoms with Gasteiger partial charge in [0.05, 0.1) is 5.69 Å². The summed E-state index contributed by atoms with van der Waals surface area (Å²) in [6.45, 7) is 1.80. The van der Waals surface area contributed by atoms with E-state index < -0.39 is 0 Å². The van der Waals surface area contributed by atoms with E-state index in [-0.39, 0.29) is 6.04 Å². The molecule has 1 aromatic carbocycles. The number of anilines is 2. The minimum Gasteiger partial charge on any atom is -0.368 e. The van der Waals surface area contributed by atoms with Gasteiger partial charge in [-0.05, 0) is 37.7 Å². The molecular formula is C18H23N5. The maximum Gasteiger partial charge on any atom is 0.222 e. The minimum atomic E-state index is 0.225. The fraction of sp³-hybridized carbons (Fsp3) is 0.444. The Bertz CT molecular complexity index is 727. The van der Waals surface area contributed by atoms with Gasteiger partial charge in [-0.3, -0.25) is 0 Å². The summed E-state index contributed by atoms with van der Waals surface area (Å²) >= 11 is 0. The SMILES string of the molecule is Nc1nc2c(c(N3CC[C@H](N)C3)n1)CCCCc1ccccc1-2. The quantitative estimate of drug-likeness (QED) is 0.843. The standard InChI is InChI=1S/C18H23N5/c19-13-9-10-23(11-13)17-15-8-4-2-6-12-5-1-3-7-14(12)16(15)21-18(20)22-17/h1,3,5,7,13H,2,4,6,8-11,19H2,(H2,20,21,22)/t13-/m0/s1. The molecule has 1 aromatic heterocycles. The molecule has 0 radical (unpaired) electrons. The molecule has 120 valence electrons. The van der Waals surface area contributed by atoms with Gasteiger partial charge < -0.3 is 16.4 Å². The molecule has 0 spiro atoms. The van der Waals surface area contributed by atoms with Gasteiger partial charge in [-0.15, -0.1) is 0 Å². The lowest BCUT2D eigenvalue weighted by atomic mass is 9.91. The number of benzene rings is 1. The molecule has 5 heteroatoms. The van der Waals surface area contributed by atoms with Crippen LogP contribution in [0.4, 0.5) is 11.8 Å². The molecule has 4 rings (SSSR count). The number of hydrogen-bond acceptors (Lipinski definition) is 5. The van der Waals surface area contributed by atoms with E-state index in [1.165, 1.54) is 23.1 Å². The third kappa shape index (κ3) is 2.65. The van der Waals surface area contributed by atoms with E-state index in [2.05, 4.69) is 39.1 Å². The van der Waals surface area contributed by atoms with Crippen molar-refractivity contribution >= 4 is 11.8 Å². The Labute approximate surface area is 136 Å². The van der Waals surface area contributed by atoms with Crippen LogP contribution >= 0.6 is 0 Å². The number of fused-ring (bicyclic) bond motifs is 3. The van der Waals surface area contributed by atoms with Crippen molar-refractivity contribution in [2.75, 3.05) is 23.7 Å². The van der Waals surface area contributed by atoms with Crippen molar-refractivity contribution in [1.29, 1.82) is 0 Å². The van der Waals surface area contributed by atoms with Crippen molar-refractivity contribution in [2.45, 2.75) is 38.1 Å². The third-order valence-corrected chi connectivity index (χ3v) is 4.92. The van der Waals surface area contributed by atoms with Gasteiger partial charge in [-0.2, -0.15) is 4.98 Å². The number of aryl methyl sites for hydroxylation is 1. The summed E-state index contributed by atoms with van der Waals surface area (Å²) in [6.07, 6.45) is 5.46. The van der Waals surface area contributed by atoms with Gasteiger partial charge in [0.15, 0.2) is 0 Å². The molecule has 4 N–H and O–H groups in total. The lowest BCUT2D eigenvalue weighted by Gasteiger charge is -2.24. The first kappa shape index (κ1) is 14.5. The minimum absolute atomic E-state index is 0.225. The molecule has 23 heavy (non-hydrogen) atoms. The zero-order valence-corrected chi connectivity index (χ0v) is 13.3. The van der Waals surface area contributed by atoms with Crippen LogP contribution in [0.2, 0.25) is 0 Å². The summed E-state index contributed by atoms with van der Waals surface area (Å²) in [5.41, 5.74) is 17.0. The first-order valence-corrected chi connectivity index (χ1v) is 8.47. The Morgan fingerprint density at radius 2 is 1.91 bits per heavy atom. The van der Waals surface area contributed by atoms with Crippen LogP contribution in [-0.4, -0.2) is 29.1 Å². The van der Waals surface area contributed by atoms with Gasteiger partial charge >= 0.3 is 0 Å². The van der Waals surface area contributed by atoms with Crippen LogP contribution in [0.25, 0.3) is 11.3 Å². The average molecular weight is 309 g/mol. The van der Waals surface area contributed by atoms with Crippen LogP contribution in [0.1, 0.15) is 30.4 Å². The van der Waals surface area contributed by atoms with E-state index in [0.717, 1.165) is 50.3 Å². The highest BCUT2D eigenvalue weighted by Crippen LogP contribution is 2.36. The molecule has 0 bridgehead atoms. The zero-order valence-electron chi connectivity index (χ0n) is 13.3. The summed E-state index contributed by atoms with van der Waals surface area (Å²) < 4.78 is 0. The van der Waals surface area contributed by atoms with E-state index in [9.17, 15) is 0 Å². The first-order chi connectivity index (χ1) is 11.2. The van der Waals surface area contributed by atoms with Crippen LogP contribution in [-0.2, 0) is 12.8 Å². The van der Waals surface area contributed by atoms with Crippen LogP contribution in [0, 0.1) is 0 Å². The fourth-order valence-electron chi connectivity index (χ4n) is 3.77. The molecule has 5 nitrogen and oxygen atoms in total. The number of nitrogens with two attached hydrogens (primary N) is 2. The molecule has 2 aromatic rings. The second kappa shape index (κ2) is 5.81. The van der Waals surface area contributed by atoms with E-state index in [0.29, 0.717) is 5.95 Å². The van der Waals surface area contributed by atoms with E-state index in [1.807, 2.05) is 0 Å². The van der Waals surface area contributed by atoms with Gasteiger partial charge in [0.25, 0.3) is 0 Å². The monoisotopic (exact) mass is 309 g/mol. The molecule has 1 atom stereocenters. The van der Waals surface area contributed by atoms with Gasteiger partial charge in [0, 0.05) is 30.3 Å². The highest BCUT2D eigenvalue weighted by atomic mass is 15.2. The van der Waals surface area contributed by atoms with Crippen molar-refractivity contribution in [2.24, 2.45) is 5.73 Å². The lowest BCUT2D eigenvalue weighted by molar-refractivity contribution is 0.719. The zero-order chi connectivity index (χ0) is 15.8. The second-order valence-corrected chi connectivity index (χ2v) is 6.59. The highest BCUT2D eigenvalue weighted by molar-refractivity contribution is 5.73. The normalized spacial score (nSPS) is 20.6. The Hall–Kier alpha value is -2.14. The van der Waals surface area contributed by atoms with E-state index in [4.69, 9.17) is 11.5 Å². The van der Waals surface area contributed by atoms with Crippen LogP contribution in [0.3, 0.4) is 0 Å². The summed E-state index contributed by atoms with van der Waals surface area (Å²) in [6, 6.07) is 8.77. The van der Waals surface area contributed by atoms with Crippen molar-refractivity contribution in [3.8, 4) is 11.3 Å². The van der Waals surface area contributed by atoms with Crippen molar-refractivity contribution in [3.05, 3.63) is 35.4 Å². The summed E-state index contributed by atoms with van der Waals surface area (Å²) in [7, 11) is 0. The Morgan fingerprint density at radius 3 is 2.74 bits per heavy atom. The fourth-order valence-corrected chi connectivity index (χ4v) is 3.77. The predicted octanol–water partition coefficient (Wildman–Crippen LogP) is 2.14. The molecule has 0 unspecified atom stereocenters. The summed E-state index contributed by atoms with van der Waals surface area (Å²) in [5, 5.41) is 0. The second-order valence-electron chi connectivity index (χ2n) is 6.59. The topological polar surface area (TPSA) is 81.1 Å². The van der Waals surface area contributed by atoms with Crippen LogP contribution in [0.5, 0.6) is 0 Å². The molecule has 1 aliphatic carbocycles. The predicted molar refractivity (Wildman–Crippen MR) is 93.3 cm³/mol. The Balaban J connectivity index is 1.89. The summed E-state index contributed by atoms with van der Waals surface area (Å²) in [5.74, 6) is 1.35. The molecule has 1 saturated heterocycles. The largest absolute Gasteiger partial charge is 0.368 e. The highest BCUT2D eigenvalue weighted by Gasteiger charge is 2.26. The Kier molecular flexibility index (Phi) is 3.65. The first-order valence-electron chi connectivity index (χ1n) is 8.47. The van der Waals surface area contributed by atoms with E-state index in [1.54, 1.807) is 0 Å². The average Bonchev–Trinajstić information content (AvgIpc) is 2.96. The lowest BCUT2D eigenvalue weighted by Crippen LogP contribution is -2.28. The summed E-state index contributed by atoms with van der Waals surface area (Å²) in [4.78, 5) is 11.5. The number of nitrogens with zero attached hydrogens (tertiary/aromatic N) is 3. The van der Waals surface area contributed by atoms with Gasteiger partial charge in [0.1, 0.15) is 5.82 Å².